The molecule has 1 rings (SSSR count). The Kier molecular flexibility index (Phi) is 41.1. The normalized spacial score (nSPS) is 19.3. The van der Waals surface area contributed by atoms with E-state index in [1.807, 2.05) is 0 Å². The van der Waals surface area contributed by atoms with Gasteiger partial charge in [0.15, 0.2) is 24.6 Å². The molecule has 392 valence electrons. The van der Waals surface area contributed by atoms with Crippen LogP contribution in [0.2, 0.25) is 0 Å². The number of allylic oxidation sites excluding steroid dienone is 14. The van der Waals surface area contributed by atoms with Crippen molar-refractivity contribution in [3.8, 4) is 0 Å². The van der Waals surface area contributed by atoms with Crippen LogP contribution in [0.5, 0.6) is 0 Å². The van der Waals surface area contributed by atoms with E-state index in [1.165, 1.54) is 32.1 Å². The van der Waals surface area contributed by atoms with Gasteiger partial charge in [-0.15, -0.1) is 0 Å². The van der Waals surface area contributed by atoms with Crippen molar-refractivity contribution in [2.45, 2.75) is 237 Å². The molecule has 0 radical (unpaired) electrons. The molecule has 0 bridgehead atoms. The highest BCUT2D eigenvalue weighted by atomic mass is 16.7. The minimum atomic E-state index is -1.92. The molecule has 1 fully saturated rings. The topological polar surface area (TPSA) is 175 Å². The third kappa shape index (κ3) is 35.6. The van der Waals surface area contributed by atoms with E-state index < -0.39 is 67.3 Å². The quantitative estimate of drug-likeness (QED) is 0.0229. The van der Waals surface area contributed by atoms with E-state index in [4.69, 9.17) is 23.7 Å². The van der Waals surface area contributed by atoms with Gasteiger partial charge in [0.2, 0.25) is 0 Å². The molecule has 3 N–H and O–H groups in total. The molecule has 1 heterocycles. The van der Waals surface area contributed by atoms with Gasteiger partial charge in [-0.1, -0.05) is 176 Å². The number of rotatable bonds is 43. The van der Waals surface area contributed by atoms with Crippen molar-refractivity contribution in [2.75, 3.05) is 13.2 Å². The largest absolute Gasteiger partial charge is 0.479 e. The Bertz CT molecular complexity index is 1530. The monoisotopic (exact) mass is 969 g/mol. The molecule has 0 aromatic rings. The second-order valence-corrected chi connectivity index (χ2v) is 17.8. The van der Waals surface area contributed by atoms with Crippen molar-refractivity contribution in [3.05, 3.63) is 85.1 Å². The number of aliphatic carboxylic acids is 1. The Morgan fingerprint density at radius 3 is 1.41 bits per heavy atom. The highest BCUT2D eigenvalue weighted by molar-refractivity contribution is 5.74. The van der Waals surface area contributed by atoms with Gasteiger partial charge in [0, 0.05) is 19.3 Å². The third-order valence-corrected chi connectivity index (χ3v) is 11.5. The average Bonchev–Trinajstić information content (AvgIpc) is 3.33. The first-order valence-electron chi connectivity index (χ1n) is 26.6. The van der Waals surface area contributed by atoms with Crippen molar-refractivity contribution in [2.24, 2.45) is 0 Å². The van der Waals surface area contributed by atoms with Gasteiger partial charge in [-0.3, -0.25) is 14.4 Å². The molecule has 12 nitrogen and oxygen atoms in total. The molecule has 0 aliphatic carbocycles. The number of aliphatic hydroxyl groups excluding tert-OH is 2. The van der Waals surface area contributed by atoms with Crippen LogP contribution in [0.3, 0.4) is 0 Å². The summed E-state index contributed by atoms with van der Waals surface area (Å²) < 4.78 is 28.2. The third-order valence-electron chi connectivity index (χ3n) is 11.5. The Labute approximate surface area is 416 Å². The molecular formula is C57H92O12. The summed E-state index contributed by atoms with van der Waals surface area (Å²) in [5.74, 6) is -3.20. The molecule has 69 heavy (non-hydrogen) atoms. The fourth-order valence-electron chi connectivity index (χ4n) is 7.43. The minimum absolute atomic E-state index is 0.0203. The van der Waals surface area contributed by atoms with Crippen molar-refractivity contribution >= 4 is 23.9 Å². The van der Waals surface area contributed by atoms with Crippen molar-refractivity contribution < 1.29 is 58.2 Å². The van der Waals surface area contributed by atoms with Crippen LogP contribution in [0.15, 0.2) is 85.1 Å². The van der Waals surface area contributed by atoms with Gasteiger partial charge in [-0.05, 0) is 89.9 Å². The molecule has 0 saturated carbocycles. The Morgan fingerprint density at radius 1 is 0.493 bits per heavy atom. The number of carbonyl (C=O) groups excluding carboxylic acids is 3. The summed E-state index contributed by atoms with van der Waals surface area (Å²) in [4.78, 5) is 50.8. The lowest BCUT2D eigenvalue weighted by Crippen LogP contribution is -2.61. The number of hydrogen-bond donors (Lipinski definition) is 3. The summed E-state index contributed by atoms with van der Waals surface area (Å²) in [6.45, 7) is 5.67. The highest BCUT2D eigenvalue weighted by Gasteiger charge is 2.50. The van der Waals surface area contributed by atoms with E-state index in [2.05, 4.69) is 106 Å². The van der Waals surface area contributed by atoms with E-state index in [9.17, 15) is 34.5 Å². The number of esters is 3. The van der Waals surface area contributed by atoms with Crippen molar-refractivity contribution in [1.29, 1.82) is 0 Å². The second kappa shape index (κ2) is 45.1. The van der Waals surface area contributed by atoms with Gasteiger partial charge in [-0.2, -0.15) is 0 Å². The zero-order valence-electron chi connectivity index (χ0n) is 42.8. The van der Waals surface area contributed by atoms with E-state index in [1.54, 1.807) is 0 Å². The van der Waals surface area contributed by atoms with Crippen molar-refractivity contribution in [1.82, 2.24) is 0 Å². The van der Waals surface area contributed by atoms with Crippen LogP contribution in [0.1, 0.15) is 201 Å². The molecule has 12 heteroatoms. The number of ether oxygens (including phenoxy) is 5. The SMILES string of the molecule is CC/C=C\C/C=C\C/C=C\C/C=C\CCCCCCC(=O)OCC(COC1OC(C(=O)O)C(O)C(O)C1OC(=O)CCCCC/C=C\C/C=C\C/C=C\CC)OC(=O)CCCCCCCCCCC. The number of hydrogen-bond acceptors (Lipinski definition) is 11. The van der Waals surface area contributed by atoms with Gasteiger partial charge in [0.25, 0.3) is 0 Å². The van der Waals surface area contributed by atoms with Gasteiger partial charge in [-0.25, -0.2) is 4.79 Å². The van der Waals surface area contributed by atoms with E-state index in [0.717, 1.165) is 109 Å². The predicted molar refractivity (Wildman–Crippen MR) is 275 cm³/mol. The Balaban J connectivity index is 2.73. The summed E-state index contributed by atoms with van der Waals surface area (Å²) in [5.41, 5.74) is 0. The molecule has 6 atom stereocenters. The molecular weight excluding hydrogens is 877 g/mol. The predicted octanol–water partition coefficient (Wildman–Crippen LogP) is 12.8. The maximum absolute atomic E-state index is 13.0. The number of aliphatic hydroxyl groups is 2. The molecule has 0 amide bonds. The van der Waals surface area contributed by atoms with E-state index in [0.29, 0.717) is 19.3 Å². The molecule has 1 saturated heterocycles. The van der Waals surface area contributed by atoms with Crippen LogP contribution in [-0.4, -0.2) is 89.2 Å². The minimum Gasteiger partial charge on any atom is -0.479 e. The summed E-state index contributed by atoms with van der Waals surface area (Å²) in [6.07, 6.45) is 44.4. The highest BCUT2D eigenvalue weighted by Crippen LogP contribution is 2.26. The number of unbranched alkanes of at least 4 members (excludes halogenated alkanes) is 15. The fraction of sp³-hybridized carbons (Fsp3) is 0.684. The summed E-state index contributed by atoms with van der Waals surface area (Å²) in [6, 6.07) is 0. The van der Waals surface area contributed by atoms with Crippen LogP contribution in [0, 0.1) is 0 Å². The fourth-order valence-corrected chi connectivity index (χ4v) is 7.43. The Morgan fingerprint density at radius 2 is 0.913 bits per heavy atom. The van der Waals surface area contributed by atoms with Gasteiger partial charge < -0.3 is 39.0 Å². The standard InChI is InChI=1S/C57H92O12/c1-4-7-10-13-16-19-21-23-24-25-26-28-29-32-34-37-40-43-49(58)65-46-48(67-50(59)44-41-38-35-31-18-15-12-9-6-3)47-66-57-55(53(62)52(61)54(69-57)56(63)64)68-51(60)45-42-39-36-33-30-27-22-20-17-14-11-8-5-2/h7-8,10-11,16-17,19-20,23-24,26-28,30,48,52-55,57,61-62H,4-6,9,12-15,18,21-22,25,29,31-47H2,1-3H3,(H,63,64)/b10-7-,11-8-,19-16-,20-17-,24-23-,28-26-,30-27-. The van der Waals surface area contributed by atoms with Gasteiger partial charge in [0.05, 0.1) is 6.61 Å². The maximum Gasteiger partial charge on any atom is 0.335 e. The first-order valence-corrected chi connectivity index (χ1v) is 26.6. The molecule has 1 aliphatic rings. The number of carboxylic acid groups (broad SMARTS) is 1. The summed E-state index contributed by atoms with van der Waals surface area (Å²) >= 11 is 0. The lowest BCUT2D eigenvalue weighted by atomic mass is 9.98. The second-order valence-electron chi connectivity index (χ2n) is 17.8. The van der Waals surface area contributed by atoms with Crippen LogP contribution >= 0.6 is 0 Å². The van der Waals surface area contributed by atoms with Crippen LogP contribution in [-0.2, 0) is 42.9 Å². The van der Waals surface area contributed by atoms with E-state index >= 15 is 0 Å². The lowest BCUT2D eigenvalue weighted by molar-refractivity contribution is -0.301. The average molecular weight is 969 g/mol. The van der Waals surface area contributed by atoms with Gasteiger partial charge in [0.1, 0.15) is 18.8 Å². The molecule has 0 aromatic heterocycles. The maximum atomic E-state index is 13.0. The number of carbonyl (C=O) groups is 4. The summed E-state index contributed by atoms with van der Waals surface area (Å²) in [7, 11) is 0. The van der Waals surface area contributed by atoms with Crippen LogP contribution < -0.4 is 0 Å². The first kappa shape index (κ1) is 62.9. The molecule has 6 unspecified atom stereocenters. The molecule has 0 spiro atoms. The zero-order chi connectivity index (χ0) is 50.4. The zero-order valence-corrected chi connectivity index (χ0v) is 42.8. The lowest BCUT2D eigenvalue weighted by Gasteiger charge is -2.40. The molecule has 1 aliphatic heterocycles. The first-order chi connectivity index (χ1) is 33.6. The Hall–Kier alpha value is -4.10. The van der Waals surface area contributed by atoms with Crippen LogP contribution in [0.4, 0.5) is 0 Å². The smallest absolute Gasteiger partial charge is 0.335 e. The van der Waals surface area contributed by atoms with Gasteiger partial charge >= 0.3 is 23.9 Å². The van der Waals surface area contributed by atoms with E-state index in [-0.39, 0.29) is 25.9 Å². The summed E-state index contributed by atoms with van der Waals surface area (Å²) in [5, 5.41) is 31.3. The molecule has 0 aromatic carbocycles. The number of carboxylic acids is 1. The van der Waals surface area contributed by atoms with Crippen molar-refractivity contribution in [3.63, 3.8) is 0 Å². The van der Waals surface area contributed by atoms with Crippen LogP contribution in [0.25, 0.3) is 0 Å².